The highest BCUT2D eigenvalue weighted by Gasteiger charge is 2.22. The molecule has 0 radical (unpaired) electrons. The van der Waals surface area contributed by atoms with E-state index in [0.29, 0.717) is 10.9 Å². The molecule has 2 amide bonds. The third-order valence-electron chi connectivity index (χ3n) is 5.27. The molecule has 3 heterocycles. The van der Waals surface area contributed by atoms with Crippen LogP contribution in [0.2, 0.25) is 5.02 Å². The predicted octanol–water partition coefficient (Wildman–Crippen LogP) is 4.40. The van der Waals surface area contributed by atoms with E-state index in [1.165, 1.54) is 0 Å². The molecule has 0 saturated carbocycles. The summed E-state index contributed by atoms with van der Waals surface area (Å²) in [6, 6.07) is 9.29. The fourth-order valence-corrected chi connectivity index (χ4v) is 4.35. The van der Waals surface area contributed by atoms with Gasteiger partial charge in [-0.2, -0.15) is 9.61 Å². The standard InChI is InChI=1S/C20H22BrClN6O/c21-15-11-25-28-18(24-8-7-13-4-3-9-27(12-13)20(23)29)10-17(26-19(15)28)14-5-1-2-6-16(14)22/h1-2,5-6,10-11,13,24H,3-4,7-9,12H2,(H2,23,29). The lowest BCUT2D eigenvalue weighted by Crippen LogP contribution is -2.43. The Labute approximate surface area is 182 Å². The Balaban J connectivity index is 1.54. The van der Waals surface area contributed by atoms with Gasteiger partial charge in [-0.1, -0.05) is 29.8 Å². The molecule has 1 aromatic carbocycles. The second kappa shape index (κ2) is 8.59. The molecule has 4 rings (SSSR count). The highest BCUT2D eigenvalue weighted by molar-refractivity contribution is 9.10. The molecular weight excluding hydrogens is 456 g/mol. The molecule has 3 N–H and O–H groups in total. The predicted molar refractivity (Wildman–Crippen MR) is 118 cm³/mol. The normalized spacial score (nSPS) is 16.9. The van der Waals surface area contributed by atoms with Crippen LogP contribution >= 0.6 is 27.5 Å². The zero-order valence-electron chi connectivity index (χ0n) is 15.8. The summed E-state index contributed by atoms with van der Waals surface area (Å²) in [7, 11) is 0. The molecule has 0 aliphatic carbocycles. The highest BCUT2D eigenvalue weighted by Crippen LogP contribution is 2.30. The monoisotopic (exact) mass is 476 g/mol. The third kappa shape index (κ3) is 4.33. The molecule has 0 bridgehead atoms. The van der Waals surface area contributed by atoms with Crippen LogP contribution in [0.15, 0.2) is 41.0 Å². The SMILES string of the molecule is NC(=O)N1CCCC(CCNc2cc(-c3ccccc3Cl)nc3c(Br)cnn23)C1. The summed E-state index contributed by atoms with van der Waals surface area (Å²) < 4.78 is 2.60. The Morgan fingerprint density at radius 3 is 3.00 bits per heavy atom. The summed E-state index contributed by atoms with van der Waals surface area (Å²) in [5.74, 6) is 1.28. The van der Waals surface area contributed by atoms with Gasteiger partial charge in [-0.25, -0.2) is 9.78 Å². The van der Waals surface area contributed by atoms with Crippen molar-refractivity contribution in [3.05, 3.63) is 46.0 Å². The molecule has 152 valence electrons. The van der Waals surface area contributed by atoms with E-state index in [9.17, 15) is 4.79 Å². The third-order valence-corrected chi connectivity index (χ3v) is 6.16. The number of hydrogen-bond donors (Lipinski definition) is 2. The molecule has 9 heteroatoms. The van der Waals surface area contributed by atoms with Crippen molar-refractivity contribution in [2.45, 2.75) is 19.3 Å². The van der Waals surface area contributed by atoms with Gasteiger partial charge in [0.05, 0.1) is 16.4 Å². The number of nitrogens with zero attached hydrogens (tertiary/aromatic N) is 4. The molecular formula is C20H22BrClN6O. The van der Waals surface area contributed by atoms with Crippen LogP contribution in [0, 0.1) is 5.92 Å². The maximum Gasteiger partial charge on any atom is 0.314 e. The Bertz CT molecular complexity index is 1040. The van der Waals surface area contributed by atoms with Crippen molar-refractivity contribution >= 4 is 45.0 Å². The van der Waals surface area contributed by atoms with E-state index in [0.717, 1.165) is 66.1 Å². The van der Waals surface area contributed by atoms with Crippen molar-refractivity contribution < 1.29 is 4.79 Å². The Morgan fingerprint density at radius 2 is 2.21 bits per heavy atom. The number of hydrogen-bond acceptors (Lipinski definition) is 4. The van der Waals surface area contributed by atoms with Crippen LogP contribution < -0.4 is 11.1 Å². The van der Waals surface area contributed by atoms with Crippen LogP contribution in [0.3, 0.4) is 0 Å². The average molecular weight is 478 g/mol. The van der Waals surface area contributed by atoms with Crippen LogP contribution in [-0.4, -0.2) is 45.2 Å². The van der Waals surface area contributed by atoms with Crippen LogP contribution in [0.5, 0.6) is 0 Å². The first-order valence-corrected chi connectivity index (χ1v) is 10.8. The van der Waals surface area contributed by atoms with Crippen molar-refractivity contribution in [2.75, 3.05) is 25.0 Å². The number of fused-ring (bicyclic) bond motifs is 1. The number of primary amides is 1. The van der Waals surface area contributed by atoms with Gasteiger partial charge in [0.2, 0.25) is 0 Å². The van der Waals surface area contributed by atoms with Crippen LogP contribution in [0.1, 0.15) is 19.3 Å². The second-order valence-electron chi connectivity index (χ2n) is 7.24. The van der Waals surface area contributed by atoms with Gasteiger partial charge in [0.1, 0.15) is 5.82 Å². The van der Waals surface area contributed by atoms with Gasteiger partial charge >= 0.3 is 6.03 Å². The number of halogens is 2. The lowest BCUT2D eigenvalue weighted by Gasteiger charge is -2.31. The van der Waals surface area contributed by atoms with E-state index < -0.39 is 0 Å². The minimum atomic E-state index is -0.329. The van der Waals surface area contributed by atoms with Crippen LogP contribution in [0.25, 0.3) is 16.9 Å². The lowest BCUT2D eigenvalue weighted by atomic mass is 9.95. The fraction of sp³-hybridized carbons (Fsp3) is 0.350. The molecule has 1 aliphatic rings. The molecule has 2 aromatic heterocycles. The van der Waals surface area contributed by atoms with Crippen molar-refractivity contribution in [3.8, 4) is 11.3 Å². The summed E-state index contributed by atoms with van der Waals surface area (Å²) in [6.07, 6.45) is 4.78. The van der Waals surface area contributed by atoms with Gasteiger partial charge in [0.25, 0.3) is 0 Å². The molecule has 29 heavy (non-hydrogen) atoms. The molecule has 0 spiro atoms. The Kier molecular flexibility index (Phi) is 5.91. The number of aromatic nitrogens is 3. The van der Waals surface area contributed by atoms with E-state index in [1.54, 1.807) is 15.6 Å². The van der Waals surface area contributed by atoms with Gasteiger partial charge < -0.3 is 16.0 Å². The molecule has 3 aromatic rings. The highest BCUT2D eigenvalue weighted by atomic mass is 79.9. The minimum Gasteiger partial charge on any atom is -0.370 e. The number of piperidine rings is 1. The van der Waals surface area contributed by atoms with Crippen molar-refractivity contribution in [1.82, 2.24) is 19.5 Å². The topological polar surface area (TPSA) is 88.5 Å². The number of rotatable bonds is 5. The summed E-state index contributed by atoms with van der Waals surface area (Å²) >= 11 is 9.91. The zero-order chi connectivity index (χ0) is 20.4. The number of nitrogens with one attached hydrogen (secondary N) is 1. The van der Waals surface area contributed by atoms with E-state index >= 15 is 0 Å². The number of nitrogens with two attached hydrogens (primary N) is 1. The average Bonchev–Trinajstić information content (AvgIpc) is 3.09. The quantitative estimate of drug-likeness (QED) is 0.570. The molecule has 7 nitrogen and oxygen atoms in total. The van der Waals surface area contributed by atoms with E-state index in [4.69, 9.17) is 22.3 Å². The van der Waals surface area contributed by atoms with Gasteiger partial charge in [0.15, 0.2) is 5.65 Å². The first-order valence-electron chi connectivity index (χ1n) is 9.60. The minimum absolute atomic E-state index is 0.329. The van der Waals surface area contributed by atoms with Crippen molar-refractivity contribution in [2.24, 2.45) is 11.7 Å². The summed E-state index contributed by atoms with van der Waals surface area (Å²) in [6.45, 7) is 2.24. The first-order chi connectivity index (χ1) is 14.0. The van der Waals surface area contributed by atoms with Crippen molar-refractivity contribution in [3.63, 3.8) is 0 Å². The second-order valence-corrected chi connectivity index (χ2v) is 8.50. The van der Waals surface area contributed by atoms with Gasteiger partial charge in [-0.15, -0.1) is 0 Å². The number of amides is 2. The number of likely N-dealkylation sites (tertiary alicyclic amines) is 1. The van der Waals surface area contributed by atoms with Gasteiger partial charge in [0, 0.05) is 36.3 Å². The van der Waals surface area contributed by atoms with Crippen molar-refractivity contribution in [1.29, 1.82) is 0 Å². The summed E-state index contributed by atoms with van der Waals surface area (Å²) in [5, 5.41) is 8.55. The fourth-order valence-electron chi connectivity index (χ4n) is 3.77. The maximum atomic E-state index is 11.4. The van der Waals surface area contributed by atoms with E-state index in [1.807, 2.05) is 30.3 Å². The summed E-state index contributed by atoms with van der Waals surface area (Å²) in [5.41, 5.74) is 7.81. The maximum absolute atomic E-state index is 11.4. The number of carbonyl (C=O) groups is 1. The number of benzene rings is 1. The van der Waals surface area contributed by atoms with Gasteiger partial charge in [-0.05, 0) is 47.2 Å². The molecule has 1 unspecified atom stereocenters. The van der Waals surface area contributed by atoms with E-state index in [-0.39, 0.29) is 6.03 Å². The Hall–Kier alpha value is -2.32. The molecule has 1 saturated heterocycles. The molecule has 1 aliphatic heterocycles. The lowest BCUT2D eigenvalue weighted by molar-refractivity contribution is 0.171. The van der Waals surface area contributed by atoms with E-state index in [2.05, 4.69) is 26.3 Å². The number of anilines is 1. The van der Waals surface area contributed by atoms with Gasteiger partial charge in [-0.3, -0.25) is 0 Å². The first kappa shape index (κ1) is 20.0. The van der Waals surface area contributed by atoms with Crippen LogP contribution in [-0.2, 0) is 0 Å². The number of carbonyl (C=O) groups excluding carboxylic acids is 1. The largest absolute Gasteiger partial charge is 0.370 e. The van der Waals surface area contributed by atoms with Crippen LogP contribution in [0.4, 0.5) is 10.6 Å². The zero-order valence-corrected chi connectivity index (χ0v) is 18.2. The smallest absolute Gasteiger partial charge is 0.314 e. The Morgan fingerprint density at radius 1 is 1.38 bits per heavy atom. The molecule has 1 fully saturated rings. The summed E-state index contributed by atoms with van der Waals surface area (Å²) in [4.78, 5) is 17.9. The molecule has 1 atom stereocenters. The number of urea groups is 1.